The molecule has 2 aromatic carbocycles. The Hall–Kier alpha value is -2.39. The summed E-state index contributed by atoms with van der Waals surface area (Å²) in [6.45, 7) is 40.3. The average Bonchev–Trinajstić information content (AvgIpc) is 3.39. The second-order valence-corrected chi connectivity index (χ2v) is 29.7. The molecule has 0 fully saturated rings. The topological polar surface area (TPSA) is 76.2 Å². The van der Waals surface area contributed by atoms with E-state index in [4.69, 9.17) is 14.4 Å². The third-order valence-electron chi connectivity index (χ3n) is 11.3. The molecule has 0 aliphatic carbocycles. The molecular weight excluding hydrogens is 913 g/mol. The number of nitrogens with zero attached hydrogens (tertiary/aromatic N) is 2. The van der Waals surface area contributed by atoms with Crippen LogP contribution in [0.1, 0.15) is 102 Å². The van der Waals surface area contributed by atoms with Crippen molar-refractivity contribution < 1.29 is 34.4 Å². The van der Waals surface area contributed by atoms with Gasteiger partial charge >= 0.3 is 0 Å². The van der Waals surface area contributed by atoms with Gasteiger partial charge < -0.3 is 9.52 Å². The van der Waals surface area contributed by atoms with Gasteiger partial charge in [0.25, 0.3) is 0 Å². The maximum Gasteiger partial charge on any atom is 0.162 e. The Kier molecular flexibility index (Phi) is 18.9. The SMILES string of the molecule is CC(C)C(C(=O)/C=C(\O)C(C(C)C)C(C)C)C(C)C.Cc1c([Si](CC(C)C)(CC(C)C)CC(C)C)oc2c(-c3[c-]c4ccccc4c([Si](C)(C)C)c3)ncnc12.[Ir]. The first kappa shape index (κ1) is 50.8. The Morgan fingerprint density at radius 1 is 0.772 bits per heavy atom. The Labute approximate surface area is 363 Å². The van der Waals surface area contributed by atoms with Gasteiger partial charge in [-0.05, 0) is 66.5 Å². The van der Waals surface area contributed by atoms with Crippen LogP contribution in [0, 0.1) is 66.3 Å². The average molecular weight is 991 g/mol. The molecule has 4 rings (SSSR count). The normalized spacial score (nSPS) is 13.1. The van der Waals surface area contributed by atoms with Crippen molar-refractivity contribution in [3.63, 3.8) is 0 Å². The number of carbonyl (C=O) groups is 1. The summed E-state index contributed by atoms with van der Waals surface area (Å²) in [7, 11) is -3.54. The molecule has 0 spiro atoms. The van der Waals surface area contributed by atoms with E-state index >= 15 is 0 Å². The smallest absolute Gasteiger partial charge is 0.162 e. The Morgan fingerprint density at radius 3 is 1.72 bits per heavy atom. The van der Waals surface area contributed by atoms with Gasteiger partial charge in [0.15, 0.2) is 5.78 Å². The standard InChI is InChI=1S/C32H45N2OSi2.C17H32O2.Ir/c1-21(2)17-37(18-22(3)4,19-23(5)6)32-24(7)29-31(35-32)30(34-20-33-29)26-15-25-13-11-12-14-27(25)28(16-26)36(8,9)10;1-10(2)16(11(3)4)14(18)9-15(19)17(12(5)6)13(7)8;/h11-14,16,20-23H,17-19H2,1-10H3;9-13,16-18H,1-8H3;/q-1;;/b;14-9-;. The molecule has 0 aliphatic heterocycles. The molecule has 5 nitrogen and oxygen atoms in total. The van der Waals surface area contributed by atoms with Crippen LogP contribution in [0.15, 0.2) is 52.9 Å². The summed E-state index contributed by atoms with van der Waals surface area (Å²) in [5.41, 5.74) is 4.96. The van der Waals surface area contributed by atoms with Gasteiger partial charge in [-0.25, -0.2) is 4.98 Å². The van der Waals surface area contributed by atoms with E-state index in [1.165, 1.54) is 45.7 Å². The fraction of sp³-hybridized carbons (Fsp3) is 0.612. The van der Waals surface area contributed by atoms with Gasteiger partial charge in [0, 0.05) is 43.6 Å². The number of fused-ring (bicyclic) bond motifs is 2. The van der Waals surface area contributed by atoms with Crippen LogP contribution in [0.5, 0.6) is 0 Å². The number of aliphatic hydroxyl groups excluding tert-OH is 1. The molecule has 57 heavy (non-hydrogen) atoms. The minimum atomic E-state index is -1.93. The summed E-state index contributed by atoms with van der Waals surface area (Å²) in [5, 5.41) is 15.4. The first-order valence-corrected chi connectivity index (χ1v) is 27.7. The van der Waals surface area contributed by atoms with E-state index in [1.807, 2.05) is 0 Å². The van der Waals surface area contributed by atoms with Crippen LogP contribution in [0.25, 0.3) is 33.1 Å². The third-order valence-corrected chi connectivity index (χ3v) is 19.5. The number of aliphatic hydroxyl groups is 1. The monoisotopic (exact) mass is 991 g/mol. The van der Waals surface area contributed by atoms with Crippen molar-refractivity contribution in [3.8, 4) is 11.3 Å². The molecule has 319 valence electrons. The molecule has 0 bridgehead atoms. The summed E-state index contributed by atoms with van der Waals surface area (Å²) in [6.07, 6.45) is 3.20. The van der Waals surface area contributed by atoms with Crippen molar-refractivity contribution in [3.05, 3.63) is 60.1 Å². The van der Waals surface area contributed by atoms with Gasteiger partial charge in [0.1, 0.15) is 25.5 Å². The van der Waals surface area contributed by atoms with Crippen LogP contribution in [-0.2, 0) is 24.9 Å². The number of hydrogen-bond acceptors (Lipinski definition) is 5. The zero-order valence-electron chi connectivity index (χ0n) is 38.9. The summed E-state index contributed by atoms with van der Waals surface area (Å²) < 4.78 is 7.02. The van der Waals surface area contributed by atoms with Crippen LogP contribution in [0.3, 0.4) is 0 Å². The summed E-state index contributed by atoms with van der Waals surface area (Å²) >= 11 is 0. The van der Waals surface area contributed by atoms with E-state index in [0.717, 1.165) is 27.7 Å². The minimum absolute atomic E-state index is 0. The predicted octanol–water partition coefficient (Wildman–Crippen LogP) is 13.2. The molecule has 2 aromatic heterocycles. The van der Waals surface area contributed by atoms with E-state index in [-0.39, 0.29) is 43.5 Å². The number of ketones is 1. The number of benzene rings is 2. The zero-order valence-corrected chi connectivity index (χ0v) is 43.2. The van der Waals surface area contributed by atoms with Crippen molar-refractivity contribution in [2.24, 2.45) is 53.3 Å². The first-order valence-electron chi connectivity index (χ1n) is 21.6. The summed E-state index contributed by atoms with van der Waals surface area (Å²) in [6, 6.07) is 18.4. The molecule has 2 heterocycles. The first-order chi connectivity index (χ1) is 25.9. The summed E-state index contributed by atoms with van der Waals surface area (Å²) in [5.74, 6) is 3.53. The summed E-state index contributed by atoms with van der Waals surface area (Å²) in [4.78, 5) is 22.0. The number of carbonyl (C=O) groups excluding carboxylic acids is 1. The Balaban J connectivity index is 0.000000478. The van der Waals surface area contributed by atoms with E-state index < -0.39 is 16.1 Å². The molecule has 0 aliphatic rings. The van der Waals surface area contributed by atoms with Gasteiger partial charge in [-0.3, -0.25) is 9.78 Å². The number of hydrogen-bond donors (Lipinski definition) is 1. The maximum absolute atomic E-state index is 12.3. The van der Waals surface area contributed by atoms with Gasteiger partial charge in [-0.1, -0.05) is 146 Å². The largest absolute Gasteiger partial charge is 0.512 e. The quantitative estimate of drug-likeness (QED) is 0.0524. The van der Waals surface area contributed by atoms with E-state index in [2.05, 4.69) is 160 Å². The van der Waals surface area contributed by atoms with Crippen LogP contribution in [0.4, 0.5) is 0 Å². The molecule has 4 aromatic rings. The Bertz CT molecular complexity index is 1890. The number of rotatable bonds is 16. The molecule has 0 unspecified atom stereocenters. The van der Waals surface area contributed by atoms with E-state index in [0.29, 0.717) is 41.4 Å². The number of aromatic nitrogens is 2. The molecule has 1 radical (unpaired) electrons. The van der Waals surface area contributed by atoms with Crippen molar-refractivity contribution >= 4 is 54.4 Å². The van der Waals surface area contributed by atoms with Gasteiger partial charge in [0.05, 0.1) is 24.9 Å². The molecule has 8 heteroatoms. The number of furan rings is 1. The minimum Gasteiger partial charge on any atom is -0.512 e. The fourth-order valence-corrected chi connectivity index (χ4v) is 18.4. The Morgan fingerprint density at radius 2 is 1.26 bits per heavy atom. The fourth-order valence-electron chi connectivity index (χ4n) is 9.79. The van der Waals surface area contributed by atoms with Crippen molar-refractivity contribution in [2.75, 3.05) is 0 Å². The van der Waals surface area contributed by atoms with Crippen molar-refractivity contribution in [1.82, 2.24) is 9.97 Å². The van der Waals surface area contributed by atoms with Crippen LogP contribution in [0.2, 0.25) is 37.8 Å². The maximum atomic E-state index is 12.3. The van der Waals surface area contributed by atoms with Gasteiger partial charge in [-0.2, -0.15) is 0 Å². The van der Waals surface area contributed by atoms with Crippen LogP contribution < -0.4 is 10.6 Å². The second kappa shape index (κ2) is 21.2. The third kappa shape index (κ3) is 12.8. The molecule has 0 saturated heterocycles. The van der Waals surface area contributed by atoms with Crippen molar-refractivity contribution in [1.29, 1.82) is 0 Å². The second-order valence-electron chi connectivity index (χ2n) is 20.4. The van der Waals surface area contributed by atoms with Crippen molar-refractivity contribution in [2.45, 2.75) is 142 Å². The van der Waals surface area contributed by atoms with E-state index in [1.54, 1.807) is 6.33 Å². The molecule has 0 amide bonds. The van der Waals surface area contributed by atoms with Crippen LogP contribution >= 0.6 is 0 Å². The molecular formula is C49H77IrN2O3Si2-. The number of allylic oxidation sites excluding steroid dienone is 2. The van der Waals surface area contributed by atoms with Crippen LogP contribution in [-0.4, -0.2) is 37.0 Å². The number of aryl methyl sites for hydroxylation is 1. The molecule has 0 saturated carbocycles. The van der Waals surface area contributed by atoms with E-state index in [9.17, 15) is 9.90 Å². The zero-order chi connectivity index (χ0) is 42.4. The molecule has 1 N–H and O–H groups in total. The predicted molar refractivity (Wildman–Crippen MR) is 248 cm³/mol. The van der Waals surface area contributed by atoms with Gasteiger partial charge in [0.2, 0.25) is 0 Å². The molecule has 0 atom stereocenters. The van der Waals surface area contributed by atoms with Gasteiger partial charge in [-0.15, -0.1) is 28.8 Å².